The number of hydrogen-bond acceptors (Lipinski definition) is 3. The quantitative estimate of drug-likeness (QED) is 0.647. The second-order valence-electron chi connectivity index (χ2n) is 3.06. The highest BCUT2D eigenvalue weighted by molar-refractivity contribution is 5.37. The number of anilines is 1. The molecule has 0 radical (unpaired) electrons. The maximum absolute atomic E-state index is 5.38. The second-order valence-corrected chi connectivity index (χ2v) is 3.06. The topological polar surface area (TPSA) is 55.9 Å². The fourth-order valence-corrected chi connectivity index (χ4v) is 1.14. The highest BCUT2D eigenvalue weighted by Gasteiger charge is 1.95. The molecule has 1 aromatic heterocycles. The summed E-state index contributed by atoms with van der Waals surface area (Å²) in [5, 5.41) is 7.47. The van der Waals surface area contributed by atoms with Crippen LogP contribution in [0.3, 0.4) is 0 Å². The van der Waals surface area contributed by atoms with Crippen molar-refractivity contribution in [3.05, 3.63) is 12.4 Å². The second kappa shape index (κ2) is 5.59. The lowest BCUT2D eigenvalue weighted by Gasteiger charge is -2.00. The number of hydrogen-bond donors (Lipinski definition) is 2. The Kier molecular flexibility index (Phi) is 4.32. The van der Waals surface area contributed by atoms with Gasteiger partial charge in [-0.25, -0.2) is 0 Å². The van der Waals surface area contributed by atoms with Crippen LogP contribution in [0.5, 0.6) is 0 Å². The summed E-state index contributed by atoms with van der Waals surface area (Å²) in [6.45, 7) is 4.78. The van der Waals surface area contributed by atoms with Crippen LogP contribution in [-0.2, 0) is 6.54 Å². The molecule has 1 rings (SSSR count). The average molecular weight is 182 g/mol. The Morgan fingerprint density at radius 3 is 3.15 bits per heavy atom. The molecule has 74 valence electrons. The standard InChI is InChI=1S/C9H18N4/c1-2-6-13-8-9(7-12-13)11-5-3-4-10/h7-8,11H,2-6,10H2,1H3. The molecular weight excluding hydrogens is 164 g/mol. The minimum atomic E-state index is 0.732. The zero-order valence-electron chi connectivity index (χ0n) is 8.16. The molecule has 0 aromatic carbocycles. The molecule has 3 N–H and O–H groups in total. The van der Waals surface area contributed by atoms with Gasteiger partial charge < -0.3 is 11.1 Å². The summed E-state index contributed by atoms with van der Waals surface area (Å²) < 4.78 is 1.95. The first-order valence-electron chi connectivity index (χ1n) is 4.83. The molecule has 0 bridgehead atoms. The van der Waals surface area contributed by atoms with Crippen molar-refractivity contribution >= 4 is 5.69 Å². The summed E-state index contributed by atoms with van der Waals surface area (Å²) in [5.74, 6) is 0. The molecule has 1 aromatic rings. The molecule has 0 saturated carbocycles. The zero-order chi connectivity index (χ0) is 9.52. The van der Waals surface area contributed by atoms with Gasteiger partial charge in [0, 0.05) is 19.3 Å². The van der Waals surface area contributed by atoms with Crippen LogP contribution in [0.1, 0.15) is 19.8 Å². The predicted molar refractivity (Wildman–Crippen MR) is 54.7 cm³/mol. The average Bonchev–Trinajstić information content (AvgIpc) is 2.54. The van der Waals surface area contributed by atoms with Crippen molar-refractivity contribution < 1.29 is 0 Å². The number of nitrogens with two attached hydrogens (primary N) is 1. The third kappa shape index (κ3) is 3.46. The maximum Gasteiger partial charge on any atom is 0.0726 e. The number of nitrogens with zero attached hydrogens (tertiary/aromatic N) is 2. The van der Waals surface area contributed by atoms with Gasteiger partial charge >= 0.3 is 0 Å². The molecule has 1 heterocycles. The van der Waals surface area contributed by atoms with Crippen LogP contribution in [0.2, 0.25) is 0 Å². The highest BCUT2D eigenvalue weighted by Crippen LogP contribution is 2.04. The zero-order valence-corrected chi connectivity index (χ0v) is 8.16. The summed E-state index contributed by atoms with van der Waals surface area (Å²) in [5.41, 5.74) is 6.47. The van der Waals surface area contributed by atoms with Crippen molar-refractivity contribution in [1.29, 1.82) is 0 Å². The van der Waals surface area contributed by atoms with E-state index in [1.807, 2.05) is 17.1 Å². The molecule has 0 aliphatic heterocycles. The van der Waals surface area contributed by atoms with E-state index in [1.54, 1.807) is 0 Å². The first-order chi connectivity index (χ1) is 6.36. The molecule has 0 saturated heterocycles. The first kappa shape index (κ1) is 10.1. The van der Waals surface area contributed by atoms with E-state index in [1.165, 1.54) is 0 Å². The van der Waals surface area contributed by atoms with E-state index in [0.717, 1.165) is 38.2 Å². The van der Waals surface area contributed by atoms with Crippen molar-refractivity contribution in [1.82, 2.24) is 9.78 Å². The SMILES string of the molecule is CCCn1cc(NCCCN)cn1. The Bertz CT molecular complexity index is 231. The third-order valence-corrected chi connectivity index (χ3v) is 1.80. The van der Waals surface area contributed by atoms with Crippen molar-refractivity contribution in [3.8, 4) is 0 Å². The smallest absolute Gasteiger partial charge is 0.0726 e. The van der Waals surface area contributed by atoms with Crippen LogP contribution in [0.15, 0.2) is 12.4 Å². The Morgan fingerprint density at radius 2 is 2.46 bits per heavy atom. The van der Waals surface area contributed by atoms with E-state index in [0.29, 0.717) is 0 Å². The molecule has 13 heavy (non-hydrogen) atoms. The van der Waals surface area contributed by atoms with Gasteiger partial charge in [-0.3, -0.25) is 4.68 Å². The van der Waals surface area contributed by atoms with Gasteiger partial charge in [0.05, 0.1) is 11.9 Å². The van der Waals surface area contributed by atoms with E-state index >= 15 is 0 Å². The molecular formula is C9H18N4. The molecule has 0 amide bonds. The van der Waals surface area contributed by atoms with E-state index < -0.39 is 0 Å². The Balaban J connectivity index is 2.31. The lowest BCUT2D eigenvalue weighted by Crippen LogP contribution is -2.07. The van der Waals surface area contributed by atoms with E-state index in [2.05, 4.69) is 17.3 Å². The summed E-state index contributed by atoms with van der Waals surface area (Å²) >= 11 is 0. The van der Waals surface area contributed by atoms with Gasteiger partial charge in [0.25, 0.3) is 0 Å². The lowest BCUT2D eigenvalue weighted by molar-refractivity contribution is 0.603. The predicted octanol–water partition coefficient (Wildman–Crippen LogP) is 1.05. The minimum Gasteiger partial charge on any atom is -0.382 e. The normalized spacial score (nSPS) is 10.3. The van der Waals surface area contributed by atoms with Gasteiger partial charge in [0.1, 0.15) is 0 Å². The molecule has 0 aliphatic carbocycles. The van der Waals surface area contributed by atoms with Gasteiger partial charge in [-0.1, -0.05) is 6.92 Å². The molecule has 0 fully saturated rings. The summed E-state index contributed by atoms with van der Waals surface area (Å²) in [7, 11) is 0. The minimum absolute atomic E-state index is 0.732. The van der Waals surface area contributed by atoms with Crippen LogP contribution in [0.4, 0.5) is 5.69 Å². The summed E-state index contributed by atoms with van der Waals surface area (Å²) in [6, 6.07) is 0. The third-order valence-electron chi connectivity index (χ3n) is 1.80. The number of aromatic nitrogens is 2. The molecule has 0 spiro atoms. The van der Waals surface area contributed by atoms with Gasteiger partial charge in [-0.05, 0) is 19.4 Å². The number of aryl methyl sites for hydroxylation is 1. The Hall–Kier alpha value is -1.03. The van der Waals surface area contributed by atoms with Crippen LogP contribution in [0, 0.1) is 0 Å². The number of nitrogens with one attached hydrogen (secondary N) is 1. The highest BCUT2D eigenvalue weighted by atomic mass is 15.3. The van der Waals surface area contributed by atoms with E-state index in [4.69, 9.17) is 5.73 Å². The van der Waals surface area contributed by atoms with Crippen LogP contribution >= 0.6 is 0 Å². The fourth-order valence-electron chi connectivity index (χ4n) is 1.14. The summed E-state index contributed by atoms with van der Waals surface area (Å²) in [4.78, 5) is 0. The number of rotatable bonds is 6. The van der Waals surface area contributed by atoms with E-state index in [-0.39, 0.29) is 0 Å². The maximum atomic E-state index is 5.38. The summed E-state index contributed by atoms with van der Waals surface area (Å²) in [6.07, 6.45) is 6.00. The molecule has 4 nitrogen and oxygen atoms in total. The Morgan fingerprint density at radius 1 is 1.62 bits per heavy atom. The largest absolute Gasteiger partial charge is 0.382 e. The van der Waals surface area contributed by atoms with Gasteiger partial charge in [-0.15, -0.1) is 0 Å². The molecule has 0 unspecified atom stereocenters. The monoisotopic (exact) mass is 182 g/mol. The van der Waals surface area contributed by atoms with E-state index in [9.17, 15) is 0 Å². The van der Waals surface area contributed by atoms with Crippen molar-refractivity contribution in [2.45, 2.75) is 26.3 Å². The van der Waals surface area contributed by atoms with Crippen LogP contribution in [0.25, 0.3) is 0 Å². The van der Waals surface area contributed by atoms with Gasteiger partial charge in [-0.2, -0.15) is 5.10 Å². The first-order valence-corrected chi connectivity index (χ1v) is 4.83. The van der Waals surface area contributed by atoms with Crippen molar-refractivity contribution in [2.24, 2.45) is 5.73 Å². The van der Waals surface area contributed by atoms with Gasteiger partial charge in [0.15, 0.2) is 0 Å². The molecule has 4 heteroatoms. The fraction of sp³-hybridized carbons (Fsp3) is 0.667. The van der Waals surface area contributed by atoms with Crippen LogP contribution in [-0.4, -0.2) is 22.9 Å². The Labute approximate surface area is 79.1 Å². The van der Waals surface area contributed by atoms with Crippen LogP contribution < -0.4 is 11.1 Å². The van der Waals surface area contributed by atoms with Crippen molar-refractivity contribution in [2.75, 3.05) is 18.4 Å². The molecule has 0 atom stereocenters. The van der Waals surface area contributed by atoms with Crippen molar-refractivity contribution in [3.63, 3.8) is 0 Å². The molecule has 0 aliphatic rings. The lowest BCUT2D eigenvalue weighted by atomic mass is 10.4. The van der Waals surface area contributed by atoms with Gasteiger partial charge in [0.2, 0.25) is 0 Å².